The van der Waals surface area contributed by atoms with Crippen LogP contribution in [0.1, 0.15) is 40.5 Å². The molecule has 112 valence electrons. The van der Waals surface area contributed by atoms with Crippen molar-refractivity contribution >= 4 is 17.8 Å². The molecule has 0 aromatic heterocycles. The van der Waals surface area contributed by atoms with E-state index in [1.807, 2.05) is 0 Å². The van der Waals surface area contributed by atoms with Crippen molar-refractivity contribution in [3.63, 3.8) is 0 Å². The summed E-state index contributed by atoms with van der Waals surface area (Å²) in [5, 5.41) is 4.90. The van der Waals surface area contributed by atoms with Gasteiger partial charge in [-0.05, 0) is 17.8 Å². The molecule has 20 heavy (non-hydrogen) atoms. The molecule has 2 aliphatic rings. The van der Waals surface area contributed by atoms with E-state index in [9.17, 15) is 14.4 Å². The maximum Gasteiger partial charge on any atom is 0.322 e. The van der Waals surface area contributed by atoms with Crippen LogP contribution in [0, 0.1) is 11.3 Å². The lowest BCUT2D eigenvalue weighted by Crippen LogP contribution is -2.49. The van der Waals surface area contributed by atoms with E-state index in [-0.39, 0.29) is 29.7 Å². The molecular weight excluding hydrogens is 258 g/mol. The van der Waals surface area contributed by atoms with Gasteiger partial charge in [-0.15, -0.1) is 0 Å². The number of likely N-dealkylation sites (tertiary alicyclic amines) is 1. The molecule has 0 bridgehead atoms. The number of hydrogen-bond acceptors (Lipinski definition) is 3. The Labute approximate surface area is 119 Å². The zero-order chi connectivity index (χ0) is 15.1. The van der Waals surface area contributed by atoms with Gasteiger partial charge in [-0.1, -0.05) is 27.7 Å². The van der Waals surface area contributed by atoms with Crippen molar-refractivity contribution in [2.75, 3.05) is 13.1 Å². The van der Waals surface area contributed by atoms with Gasteiger partial charge in [0.1, 0.15) is 5.54 Å². The van der Waals surface area contributed by atoms with Crippen molar-refractivity contribution in [1.29, 1.82) is 0 Å². The fourth-order valence-electron chi connectivity index (χ4n) is 2.54. The molecule has 2 atom stereocenters. The lowest BCUT2D eigenvalue weighted by atomic mass is 9.80. The minimum atomic E-state index is -0.905. The molecule has 0 unspecified atom stereocenters. The topological polar surface area (TPSA) is 78.5 Å². The molecule has 6 nitrogen and oxygen atoms in total. The van der Waals surface area contributed by atoms with Crippen LogP contribution in [-0.2, 0) is 9.59 Å². The second kappa shape index (κ2) is 4.75. The molecule has 6 heteroatoms. The summed E-state index contributed by atoms with van der Waals surface area (Å²) in [7, 11) is 0. The predicted octanol–water partition coefficient (Wildman–Crippen LogP) is 0.869. The van der Waals surface area contributed by atoms with Crippen molar-refractivity contribution in [1.82, 2.24) is 15.5 Å². The monoisotopic (exact) mass is 281 g/mol. The Morgan fingerprint density at radius 1 is 1.40 bits per heavy atom. The number of amides is 4. The van der Waals surface area contributed by atoms with Crippen molar-refractivity contribution < 1.29 is 14.4 Å². The maximum atomic E-state index is 12.3. The summed E-state index contributed by atoms with van der Waals surface area (Å²) in [6.45, 7) is 9.20. The third-order valence-electron chi connectivity index (χ3n) is 4.60. The van der Waals surface area contributed by atoms with E-state index in [0.717, 1.165) is 0 Å². The minimum Gasteiger partial charge on any atom is -0.340 e. The first-order valence-corrected chi connectivity index (χ1v) is 7.05. The van der Waals surface area contributed by atoms with Crippen LogP contribution in [0.5, 0.6) is 0 Å². The van der Waals surface area contributed by atoms with E-state index in [1.54, 1.807) is 4.90 Å². The number of carbonyl (C=O) groups excluding carboxylic acids is 3. The Balaban J connectivity index is 1.98. The molecule has 2 rings (SSSR count). The SMILES string of the molecule is C[C@H](CC(=O)N1CC[C@@]2(C1)NC(=O)NC2=O)C(C)(C)C. The molecule has 2 N–H and O–H groups in total. The van der Waals surface area contributed by atoms with Gasteiger partial charge < -0.3 is 10.2 Å². The van der Waals surface area contributed by atoms with Gasteiger partial charge in [0, 0.05) is 13.0 Å². The average Bonchev–Trinajstić information content (AvgIpc) is 2.83. The van der Waals surface area contributed by atoms with Crippen LogP contribution in [0.2, 0.25) is 0 Å². The summed E-state index contributed by atoms with van der Waals surface area (Å²) in [5.41, 5.74) is -0.830. The van der Waals surface area contributed by atoms with E-state index < -0.39 is 11.6 Å². The normalized spacial score (nSPS) is 27.7. The van der Waals surface area contributed by atoms with Crippen LogP contribution in [0.15, 0.2) is 0 Å². The highest BCUT2D eigenvalue weighted by atomic mass is 16.2. The lowest BCUT2D eigenvalue weighted by molar-refractivity contribution is -0.132. The first-order chi connectivity index (χ1) is 9.14. The Morgan fingerprint density at radius 3 is 2.55 bits per heavy atom. The number of nitrogens with one attached hydrogen (secondary N) is 2. The molecule has 2 aliphatic heterocycles. The second-order valence-electron chi connectivity index (χ2n) is 7.03. The molecule has 4 amide bonds. The molecule has 0 saturated carbocycles. The lowest BCUT2D eigenvalue weighted by Gasteiger charge is -2.29. The Kier molecular flexibility index (Phi) is 3.52. The largest absolute Gasteiger partial charge is 0.340 e. The highest BCUT2D eigenvalue weighted by Crippen LogP contribution is 2.30. The molecule has 0 aromatic carbocycles. The summed E-state index contributed by atoms with van der Waals surface area (Å²) in [4.78, 5) is 37.1. The fourth-order valence-corrected chi connectivity index (χ4v) is 2.54. The Bertz CT molecular complexity index is 455. The van der Waals surface area contributed by atoms with E-state index in [4.69, 9.17) is 0 Å². The third kappa shape index (κ3) is 2.64. The van der Waals surface area contributed by atoms with Gasteiger partial charge in [0.2, 0.25) is 5.91 Å². The second-order valence-corrected chi connectivity index (χ2v) is 7.03. The quantitative estimate of drug-likeness (QED) is 0.737. The predicted molar refractivity (Wildman–Crippen MR) is 73.8 cm³/mol. The molecule has 2 heterocycles. The van der Waals surface area contributed by atoms with Gasteiger partial charge in [0.15, 0.2) is 0 Å². The molecule has 2 saturated heterocycles. The summed E-state index contributed by atoms with van der Waals surface area (Å²) in [5.74, 6) is -0.00142. The van der Waals surface area contributed by atoms with Crippen molar-refractivity contribution in [3.05, 3.63) is 0 Å². The zero-order valence-corrected chi connectivity index (χ0v) is 12.6. The van der Waals surface area contributed by atoms with Crippen LogP contribution in [0.25, 0.3) is 0 Å². The molecular formula is C14H23N3O3. The molecule has 0 aromatic rings. The van der Waals surface area contributed by atoms with Gasteiger partial charge in [-0.2, -0.15) is 0 Å². The number of urea groups is 1. The van der Waals surface area contributed by atoms with Crippen LogP contribution >= 0.6 is 0 Å². The number of carbonyl (C=O) groups is 3. The van der Waals surface area contributed by atoms with Crippen LogP contribution in [0.4, 0.5) is 4.79 Å². The third-order valence-corrected chi connectivity index (χ3v) is 4.60. The first kappa shape index (κ1) is 14.8. The van der Waals surface area contributed by atoms with Gasteiger partial charge in [0.05, 0.1) is 6.54 Å². The number of hydrogen-bond donors (Lipinski definition) is 2. The van der Waals surface area contributed by atoms with Gasteiger partial charge in [0.25, 0.3) is 5.91 Å². The summed E-state index contributed by atoms with van der Waals surface area (Å²) in [6, 6.07) is -0.465. The van der Waals surface area contributed by atoms with E-state index in [2.05, 4.69) is 38.3 Å². The van der Waals surface area contributed by atoms with E-state index in [0.29, 0.717) is 19.4 Å². The zero-order valence-electron chi connectivity index (χ0n) is 12.6. The van der Waals surface area contributed by atoms with Crippen LogP contribution < -0.4 is 10.6 Å². The number of nitrogens with zero attached hydrogens (tertiary/aromatic N) is 1. The van der Waals surface area contributed by atoms with Gasteiger partial charge in [-0.3, -0.25) is 14.9 Å². The standard InChI is InChI=1S/C14H23N3O3/c1-9(13(2,3)4)7-10(18)17-6-5-14(8-17)11(19)15-12(20)16-14/h9H,5-8H2,1-4H3,(H2,15,16,19,20)/t9-,14+/m1/s1. The molecule has 1 spiro atoms. The van der Waals surface area contributed by atoms with E-state index >= 15 is 0 Å². The van der Waals surface area contributed by atoms with Crippen LogP contribution in [0.3, 0.4) is 0 Å². The average molecular weight is 281 g/mol. The highest BCUT2D eigenvalue weighted by Gasteiger charge is 2.51. The summed E-state index contributed by atoms with van der Waals surface area (Å²) in [6.07, 6.45) is 0.954. The van der Waals surface area contributed by atoms with Crippen molar-refractivity contribution in [3.8, 4) is 0 Å². The summed E-state index contributed by atoms with van der Waals surface area (Å²) < 4.78 is 0. The van der Waals surface area contributed by atoms with Crippen LogP contribution in [-0.4, -0.2) is 41.4 Å². The molecule has 2 fully saturated rings. The Hall–Kier alpha value is -1.59. The highest BCUT2D eigenvalue weighted by molar-refractivity contribution is 6.07. The van der Waals surface area contributed by atoms with Gasteiger partial charge in [-0.25, -0.2) is 4.79 Å². The van der Waals surface area contributed by atoms with Gasteiger partial charge >= 0.3 is 6.03 Å². The fraction of sp³-hybridized carbons (Fsp3) is 0.786. The first-order valence-electron chi connectivity index (χ1n) is 7.05. The number of rotatable bonds is 2. The summed E-state index contributed by atoms with van der Waals surface area (Å²) >= 11 is 0. The molecule has 0 radical (unpaired) electrons. The maximum absolute atomic E-state index is 12.3. The molecule has 0 aliphatic carbocycles. The van der Waals surface area contributed by atoms with Crippen molar-refractivity contribution in [2.24, 2.45) is 11.3 Å². The Morgan fingerprint density at radius 2 is 2.05 bits per heavy atom. The van der Waals surface area contributed by atoms with Crippen molar-refractivity contribution in [2.45, 2.75) is 46.1 Å². The van der Waals surface area contributed by atoms with E-state index in [1.165, 1.54) is 0 Å². The smallest absolute Gasteiger partial charge is 0.322 e. The minimum absolute atomic E-state index is 0.0539. The number of imide groups is 1.